The summed E-state index contributed by atoms with van der Waals surface area (Å²) in [6.07, 6.45) is -0.0484. The second-order valence-corrected chi connectivity index (χ2v) is 3.16. The molecular weight excluding hydrogens is 224 g/mol. The van der Waals surface area contributed by atoms with Crippen LogP contribution in [0.25, 0.3) is 0 Å². The zero-order valence-corrected chi connectivity index (χ0v) is 9.75. The average molecular weight is 240 g/mol. The Bertz CT molecular complexity index is 364. The molecule has 0 aliphatic rings. The topological polar surface area (TPSA) is 87.0 Å². The summed E-state index contributed by atoms with van der Waals surface area (Å²) in [7, 11) is 0. The Labute approximate surface area is 99.6 Å². The normalized spacial score (nSPS) is 10.8. The van der Waals surface area contributed by atoms with Gasteiger partial charge in [0.2, 0.25) is 0 Å². The lowest BCUT2D eigenvalue weighted by molar-refractivity contribution is -0.158. The summed E-state index contributed by atoms with van der Waals surface area (Å²) in [6, 6.07) is 4.67. The van der Waals surface area contributed by atoms with Crippen molar-refractivity contribution in [1.82, 2.24) is 0 Å². The van der Waals surface area contributed by atoms with Crippen LogP contribution in [0.4, 0.5) is 0 Å². The predicted octanol–water partition coefficient (Wildman–Crippen LogP) is 1.46. The lowest BCUT2D eigenvalue weighted by Gasteiger charge is -2.01. The first-order chi connectivity index (χ1) is 7.88. The molecule has 0 saturated heterocycles. The number of esters is 1. The van der Waals surface area contributed by atoms with Gasteiger partial charge in [-0.25, -0.2) is 4.79 Å². The van der Waals surface area contributed by atoms with E-state index in [0.29, 0.717) is 5.56 Å². The number of rotatable bonds is 2. The van der Waals surface area contributed by atoms with Crippen molar-refractivity contribution >= 4 is 5.97 Å². The molecule has 0 aliphatic carbocycles. The van der Waals surface area contributed by atoms with E-state index >= 15 is 0 Å². The van der Waals surface area contributed by atoms with E-state index in [0.717, 1.165) is 6.08 Å². The molecule has 1 unspecified atom stereocenters. The highest BCUT2D eigenvalue weighted by molar-refractivity contribution is 5.81. The van der Waals surface area contributed by atoms with Gasteiger partial charge in [0, 0.05) is 11.6 Å². The molecule has 5 heteroatoms. The van der Waals surface area contributed by atoms with Gasteiger partial charge in [0.05, 0.1) is 0 Å². The van der Waals surface area contributed by atoms with Crippen molar-refractivity contribution in [1.29, 1.82) is 0 Å². The van der Waals surface area contributed by atoms with E-state index < -0.39 is 12.3 Å². The molecule has 0 aliphatic heterocycles. The number of benzene rings is 1. The number of hydrogen-bond acceptors (Lipinski definition) is 5. The van der Waals surface area contributed by atoms with E-state index in [1.807, 2.05) is 0 Å². The summed E-state index contributed by atoms with van der Waals surface area (Å²) in [6.45, 7) is 6.13. The van der Waals surface area contributed by atoms with Gasteiger partial charge < -0.3 is 20.1 Å². The van der Waals surface area contributed by atoms with Crippen LogP contribution in [0.2, 0.25) is 0 Å². The molecule has 17 heavy (non-hydrogen) atoms. The largest absolute Gasteiger partial charge is 0.508 e. The number of phenols is 2. The summed E-state index contributed by atoms with van der Waals surface area (Å²) in [5.74, 6) is -0.343. The minimum absolute atomic E-state index is 0.134. The van der Waals surface area contributed by atoms with Gasteiger partial charge in [-0.3, -0.25) is 0 Å². The maximum atomic E-state index is 10.1. The van der Waals surface area contributed by atoms with Crippen LogP contribution >= 0.6 is 0 Å². The van der Waals surface area contributed by atoms with E-state index in [1.54, 1.807) is 13.0 Å². The van der Waals surface area contributed by atoms with Crippen molar-refractivity contribution in [3.63, 3.8) is 0 Å². The molecule has 0 amide bonds. The van der Waals surface area contributed by atoms with Crippen molar-refractivity contribution in [2.45, 2.75) is 20.1 Å². The summed E-state index contributed by atoms with van der Waals surface area (Å²) in [5, 5.41) is 26.2. The molecule has 0 saturated carbocycles. The molecule has 0 radical (unpaired) electrons. The van der Waals surface area contributed by atoms with Crippen LogP contribution in [-0.4, -0.2) is 27.6 Å². The first-order valence-corrected chi connectivity index (χ1v) is 4.87. The SMILES string of the molecule is C=CC(=O)OC(C)O.Cc1c(O)cccc1O. The van der Waals surface area contributed by atoms with Gasteiger partial charge in [0.15, 0.2) is 6.29 Å². The Morgan fingerprint density at radius 3 is 2.12 bits per heavy atom. The maximum absolute atomic E-state index is 10.1. The molecule has 1 rings (SSSR count). The van der Waals surface area contributed by atoms with Gasteiger partial charge in [-0.05, 0) is 26.0 Å². The lowest BCUT2D eigenvalue weighted by atomic mass is 10.2. The number of carbonyl (C=O) groups excluding carboxylic acids is 1. The van der Waals surface area contributed by atoms with Gasteiger partial charge in [0.25, 0.3) is 0 Å². The molecule has 5 nitrogen and oxygen atoms in total. The minimum Gasteiger partial charge on any atom is -0.508 e. The van der Waals surface area contributed by atoms with E-state index in [9.17, 15) is 4.79 Å². The molecule has 1 aromatic rings. The first-order valence-electron chi connectivity index (χ1n) is 4.87. The van der Waals surface area contributed by atoms with Crippen LogP contribution in [0.15, 0.2) is 30.9 Å². The van der Waals surface area contributed by atoms with Gasteiger partial charge in [-0.15, -0.1) is 0 Å². The predicted molar refractivity (Wildman–Crippen MR) is 62.5 cm³/mol. The fourth-order valence-electron chi connectivity index (χ4n) is 0.828. The maximum Gasteiger partial charge on any atom is 0.332 e. The first kappa shape index (κ1) is 15.0. The van der Waals surface area contributed by atoms with Gasteiger partial charge in [-0.1, -0.05) is 12.6 Å². The number of hydrogen-bond donors (Lipinski definition) is 3. The Balaban J connectivity index is 0.000000304. The Morgan fingerprint density at radius 1 is 1.41 bits per heavy atom. The summed E-state index contributed by atoms with van der Waals surface area (Å²) < 4.78 is 4.20. The fraction of sp³-hybridized carbons (Fsp3) is 0.250. The molecule has 3 N–H and O–H groups in total. The molecule has 1 atom stereocenters. The summed E-state index contributed by atoms with van der Waals surface area (Å²) in [5.41, 5.74) is 0.525. The highest BCUT2D eigenvalue weighted by Crippen LogP contribution is 2.23. The Kier molecular flexibility index (Phi) is 6.43. The zero-order chi connectivity index (χ0) is 13.4. The second-order valence-electron chi connectivity index (χ2n) is 3.16. The third-order valence-electron chi connectivity index (χ3n) is 1.73. The lowest BCUT2D eigenvalue weighted by Crippen LogP contribution is -2.10. The average Bonchev–Trinajstić information content (AvgIpc) is 2.25. The van der Waals surface area contributed by atoms with Crippen molar-refractivity contribution < 1.29 is 24.9 Å². The number of aromatic hydroxyl groups is 2. The quantitative estimate of drug-likeness (QED) is 0.414. The monoisotopic (exact) mass is 240 g/mol. The van der Waals surface area contributed by atoms with Crippen LogP contribution in [-0.2, 0) is 9.53 Å². The minimum atomic E-state index is -1.04. The summed E-state index contributed by atoms with van der Waals surface area (Å²) in [4.78, 5) is 10.1. The van der Waals surface area contributed by atoms with Crippen LogP contribution in [0, 0.1) is 6.92 Å². The molecular formula is C12H16O5. The number of phenolic OH excluding ortho intramolecular Hbond substituents is 2. The smallest absolute Gasteiger partial charge is 0.332 e. The van der Waals surface area contributed by atoms with Crippen molar-refractivity contribution in [3.05, 3.63) is 36.4 Å². The number of carbonyl (C=O) groups is 1. The number of aliphatic hydroxyl groups is 1. The highest BCUT2D eigenvalue weighted by atomic mass is 16.6. The van der Waals surface area contributed by atoms with Crippen molar-refractivity contribution in [2.24, 2.45) is 0 Å². The van der Waals surface area contributed by atoms with Crippen molar-refractivity contribution in [2.75, 3.05) is 0 Å². The van der Waals surface area contributed by atoms with Gasteiger partial charge in [0.1, 0.15) is 11.5 Å². The van der Waals surface area contributed by atoms with Gasteiger partial charge >= 0.3 is 5.97 Å². The standard InChI is InChI=1S/C7H8O2.C5H8O3/c1-5-6(8)3-2-4-7(5)9;1-3-5(7)8-4(2)6/h2-4,8-9H,1H3;3-4,6H,1H2,2H3. The van der Waals surface area contributed by atoms with Crippen LogP contribution in [0.5, 0.6) is 11.5 Å². The highest BCUT2D eigenvalue weighted by Gasteiger charge is 1.98. The molecule has 0 aromatic heterocycles. The van der Waals surface area contributed by atoms with Crippen LogP contribution < -0.4 is 0 Å². The van der Waals surface area contributed by atoms with Gasteiger partial charge in [-0.2, -0.15) is 0 Å². The third kappa shape index (κ3) is 6.21. The zero-order valence-electron chi connectivity index (χ0n) is 9.75. The molecule has 1 aromatic carbocycles. The number of ether oxygens (including phenoxy) is 1. The molecule has 0 heterocycles. The molecule has 94 valence electrons. The van der Waals surface area contributed by atoms with Crippen LogP contribution in [0.1, 0.15) is 12.5 Å². The molecule has 0 spiro atoms. The second kappa shape index (κ2) is 7.29. The Morgan fingerprint density at radius 2 is 1.88 bits per heavy atom. The van der Waals surface area contributed by atoms with Crippen molar-refractivity contribution in [3.8, 4) is 11.5 Å². The third-order valence-corrected chi connectivity index (χ3v) is 1.73. The van der Waals surface area contributed by atoms with E-state index in [1.165, 1.54) is 19.1 Å². The van der Waals surface area contributed by atoms with Crippen LogP contribution in [0.3, 0.4) is 0 Å². The molecule has 0 bridgehead atoms. The summed E-state index contributed by atoms with van der Waals surface area (Å²) >= 11 is 0. The van der Waals surface area contributed by atoms with E-state index in [2.05, 4.69) is 11.3 Å². The number of aliphatic hydroxyl groups excluding tert-OH is 1. The van der Waals surface area contributed by atoms with E-state index in [-0.39, 0.29) is 11.5 Å². The fourth-order valence-corrected chi connectivity index (χ4v) is 0.828. The Hall–Kier alpha value is -2.01. The molecule has 0 fully saturated rings. The van der Waals surface area contributed by atoms with E-state index in [4.69, 9.17) is 15.3 Å².